The van der Waals surface area contributed by atoms with Gasteiger partial charge in [-0.15, -0.1) is 0 Å². The van der Waals surface area contributed by atoms with Gasteiger partial charge in [0, 0.05) is 22.5 Å². The van der Waals surface area contributed by atoms with Crippen LogP contribution in [0.5, 0.6) is 0 Å². The molecule has 0 saturated heterocycles. The first-order valence-electron chi connectivity index (χ1n) is 17.6. The maximum absolute atomic E-state index is 14.8. The van der Waals surface area contributed by atoms with Crippen LogP contribution in [0.2, 0.25) is 10.0 Å². The second kappa shape index (κ2) is 16.9. The molecule has 0 bridgehead atoms. The molecule has 12 nitrogen and oxygen atoms in total. The fourth-order valence-electron chi connectivity index (χ4n) is 6.43. The number of hydrogen-bond acceptors (Lipinski definition) is 8. The minimum Gasteiger partial charge on any atom is -0.460 e. The highest BCUT2D eigenvalue weighted by Crippen LogP contribution is 2.39. The molecule has 2 aromatic heterocycles. The van der Waals surface area contributed by atoms with Gasteiger partial charge in [0.1, 0.15) is 24.2 Å². The number of nitrogens with one attached hydrogen (secondary N) is 4. The molecule has 0 saturated carbocycles. The number of benzene rings is 2. The van der Waals surface area contributed by atoms with Crippen molar-refractivity contribution in [2.45, 2.75) is 91.0 Å². The van der Waals surface area contributed by atoms with E-state index in [1.165, 1.54) is 6.20 Å². The second-order valence-electron chi connectivity index (χ2n) is 13.3. The number of oxazole rings is 1. The van der Waals surface area contributed by atoms with E-state index in [1.807, 2.05) is 58.0 Å². The lowest BCUT2D eigenvalue weighted by Crippen LogP contribution is -2.65. The van der Waals surface area contributed by atoms with Crippen LogP contribution in [0.3, 0.4) is 0 Å². The number of carbonyl (C=O) groups excluding carboxylic acids is 4. The smallest absolute Gasteiger partial charge is 0.408 e. The van der Waals surface area contributed by atoms with Gasteiger partial charge in [0.15, 0.2) is 0 Å². The summed E-state index contributed by atoms with van der Waals surface area (Å²) < 4.78 is 16.3. The summed E-state index contributed by atoms with van der Waals surface area (Å²) in [5.74, 6) is -2.12. The highest BCUT2D eigenvalue weighted by Gasteiger charge is 2.47. The molecule has 2 heterocycles. The van der Waals surface area contributed by atoms with Crippen molar-refractivity contribution in [2.24, 2.45) is 11.8 Å². The van der Waals surface area contributed by atoms with Crippen molar-refractivity contribution < 1.29 is 33.1 Å². The number of aromatic nitrogens is 2. The summed E-state index contributed by atoms with van der Waals surface area (Å²) >= 11 is 13.0. The summed E-state index contributed by atoms with van der Waals surface area (Å²) in [7, 11) is 0. The SMILES string of the molecule is CCOC(=O)c1cnc([C@@H](NC(=O)[C@]2(NC(=O)[C@@H](NC(=O)OCc3ccccc3)C(C)CC)CCc3[nH]c4c(Cl)cc(Cl)cc4c3C2)C(C)CC)o1. The lowest BCUT2D eigenvalue weighted by atomic mass is 9.78. The van der Waals surface area contributed by atoms with E-state index in [9.17, 15) is 19.2 Å². The fraction of sp³-hybridized carbons (Fsp3) is 0.447. The van der Waals surface area contributed by atoms with E-state index in [0.717, 1.165) is 22.2 Å². The van der Waals surface area contributed by atoms with E-state index in [2.05, 4.69) is 25.9 Å². The van der Waals surface area contributed by atoms with Crippen LogP contribution in [-0.2, 0) is 38.5 Å². The van der Waals surface area contributed by atoms with Crippen LogP contribution in [0, 0.1) is 11.8 Å². The van der Waals surface area contributed by atoms with E-state index < -0.39 is 41.5 Å². The maximum atomic E-state index is 14.8. The van der Waals surface area contributed by atoms with Crippen molar-refractivity contribution in [3.05, 3.63) is 87.2 Å². The molecule has 1 aliphatic rings. The predicted molar refractivity (Wildman–Crippen MR) is 197 cm³/mol. The van der Waals surface area contributed by atoms with Gasteiger partial charge in [-0.3, -0.25) is 9.59 Å². The van der Waals surface area contributed by atoms with Crippen LogP contribution in [0.1, 0.15) is 93.2 Å². The first kappa shape index (κ1) is 38.7. The van der Waals surface area contributed by atoms with Crippen LogP contribution in [-0.4, -0.2) is 52.0 Å². The number of aromatic amines is 1. The summed E-state index contributed by atoms with van der Waals surface area (Å²) in [4.78, 5) is 62.3. The quantitative estimate of drug-likeness (QED) is 0.0980. The second-order valence-corrected chi connectivity index (χ2v) is 14.2. The third kappa shape index (κ3) is 8.56. The minimum atomic E-state index is -1.49. The summed E-state index contributed by atoms with van der Waals surface area (Å²) in [6.45, 7) is 9.52. The minimum absolute atomic E-state index is 0.0258. The lowest BCUT2D eigenvalue weighted by Gasteiger charge is -2.39. The lowest BCUT2D eigenvalue weighted by molar-refractivity contribution is -0.136. The van der Waals surface area contributed by atoms with Gasteiger partial charge in [-0.05, 0) is 54.9 Å². The Morgan fingerprint density at radius 2 is 1.73 bits per heavy atom. The van der Waals surface area contributed by atoms with Gasteiger partial charge in [0.25, 0.3) is 0 Å². The Morgan fingerprint density at radius 3 is 2.42 bits per heavy atom. The molecular weight excluding hydrogens is 709 g/mol. The fourth-order valence-corrected chi connectivity index (χ4v) is 6.97. The average molecular weight is 755 g/mol. The Morgan fingerprint density at radius 1 is 1.00 bits per heavy atom. The molecule has 2 unspecified atom stereocenters. The van der Waals surface area contributed by atoms with Crippen LogP contribution < -0.4 is 16.0 Å². The normalized spacial score (nSPS) is 17.7. The molecule has 52 heavy (non-hydrogen) atoms. The van der Waals surface area contributed by atoms with Crippen molar-refractivity contribution in [1.82, 2.24) is 25.9 Å². The van der Waals surface area contributed by atoms with Gasteiger partial charge in [-0.2, -0.15) is 0 Å². The number of carbonyl (C=O) groups is 4. The molecule has 14 heteroatoms. The zero-order valence-corrected chi connectivity index (χ0v) is 31.5. The van der Waals surface area contributed by atoms with Crippen molar-refractivity contribution in [3.63, 3.8) is 0 Å². The summed E-state index contributed by atoms with van der Waals surface area (Å²) in [5, 5.41) is 10.5. The molecule has 5 atom stereocenters. The number of H-pyrrole nitrogens is 1. The monoisotopic (exact) mass is 753 g/mol. The molecule has 0 fully saturated rings. The molecule has 5 rings (SSSR count). The van der Waals surface area contributed by atoms with E-state index in [1.54, 1.807) is 19.1 Å². The number of hydrogen-bond donors (Lipinski definition) is 4. The molecular formula is C38H45Cl2N5O7. The third-order valence-electron chi connectivity index (χ3n) is 9.85. The molecule has 4 N–H and O–H groups in total. The van der Waals surface area contributed by atoms with Crippen LogP contribution in [0.4, 0.5) is 4.79 Å². The Hall–Kier alpha value is -4.55. The number of aryl methyl sites for hydroxylation is 1. The van der Waals surface area contributed by atoms with Crippen molar-refractivity contribution in [1.29, 1.82) is 0 Å². The molecule has 0 aliphatic heterocycles. The summed E-state index contributed by atoms with van der Waals surface area (Å²) in [6.07, 6.45) is 2.42. The van der Waals surface area contributed by atoms with Gasteiger partial charge in [-0.1, -0.05) is 94.1 Å². The molecule has 0 radical (unpaired) electrons. The Balaban J connectivity index is 1.48. The molecule has 3 amide bonds. The maximum Gasteiger partial charge on any atom is 0.408 e. The number of rotatable bonds is 14. The van der Waals surface area contributed by atoms with Crippen LogP contribution in [0.15, 0.2) is 53.1 Å². The number of halogens is 2. The largest absolute Gasteiger partial charge is 0.460 e. The summed E-state index contributed by atoms with van der Waals surface area (Å²) in [6, 6.07) is 10.9. The third-order valence-corrected chi connectivity index (χ3v) is 10.4. The van der Waals surface area contributed by atoms with Crippen molar-refractivity contribution in [3.8, 4) is 0 Å². The van der Waals surface area contributed by atoms with Gasteiger partial charge in [0.2, 0.25) is 23.5 Å². The number of fused-ring (bicyclic) bond motifs is 3. The Bertz CT molecular complexity index is 1910. The summed E-state index contributed by atoms with van der Waals surface area (Å²) in [5.41, 5.74) is 1.66. The number of esters is 1. The van der Waals surface area contributed by atoms with E-state index >= 15 is 0 Å². The zero-order valence-electron chi connectivity index (χ0n) is 29.9. The zero-order chi connectivity index (χ0) is 37.6. The first-order chi connectivity index (χ1) is 24.9. The highest BCUT2D eigenvalue weighted by molar-refractivity contribution is 6.38. The van der Waals surface area contributed by atoms with Gasteiger partial charge in [-0.25, -0.2) is 14.6 Å². The topological polar surface area (TPSA) is 165 Å². The van der Waals surface area contributed by atoms with Crippen molar-refractivity contribution in [2.75, 3.05) is 6.61 Å². The van der Waals surface area contributed by atoms with Gasteiger partial charge in [0.05, 0.1) is 23.3 Å². The predicted octanol–water partition coefficient (Wildman–Crippen LogP) is 7.23. The highest BCUT2D eigenvalue weighted by atomic mass is 35.5. The van der Waals surface area contributed by atoms with Gasteiger partial charge >= 0.3 is 12.1 Å². The number of ether oxygens (including phenoxy) is 2. The number of amides is 3. The number of nitrogens with zero attached hydrogens (tertiary/aromatic N) is 1. The van der Waals surface area contributed by atoms with E-state index in [4.69, 9.17) is 37.1 Å². The first-order valence-corrected chi connectivity index (χ1v) is 18.4. The van der Waals surface area contributed by atoms with Crippen molar-refractivity contribution >= 4 is 58.0 Å². The van der Waals surface area contributed by atoms with E-state index in [-0.39, 0.29) is 49.5 Å². The Labute approximate surface area is 312 Å². The molecule has 2 aromatic carbocycles. The van der Waals surface area contributed by atoms with Crippen LogP contribution >= 0.6 is 23.2 Å². The molecule has 0 spiro atoms. The number of alkyl carbamates (subject to hydrolysis) is 1. The van der Waals surface area contributed by atoms with Crippen LogP contribution in [0.25, 0.3) is 10.9 Å². The average Bonchev–Trinajstić information content (AvgIpc) is 3.77. The molecule has 278 valence electrons. The standard InChI is InChI=1S/C38H45Cl2N5O7/c1-6-21(4)30(44-37(49)51-20-23-12-10-9-11-13-23)33(46)45-38(15-14-28-26(18-38)25-16-24(39)17-27(40)32(25)42-28)36(48)43-31(22(5)7-2)34-41-19-29(52-34)35(47)50-8-3/h9-13,16-17,19,21-22,30-31,42H,6-8,14-15,18,20H2,1-5H3,(H,43,48)(H,44,49)(H,45,46)/t21?,22?,30-,31-,38-/m0/s1. The Kier molecular flexibility index (Phi) is 12.5. The molecule has 4 aromatic rings. The van der Waals surface area contributed by atoms with E-state index in [0.29, 0.717) is 34.8 Å². The molecule has 1 aliphatic carbocycles. The van der Waals surface area contributed by atoms with Gasteiger partial charge < -0.3 is 34.8 Å².